The fraction of sp³-hybridized carbons (Fsp3) is 0.531. The standard InChI is InChI=1S/C49H63F2N7O6/c1-32-12-14-42(50)40(28-32)46(60)53-45(35-8-4-3-5-9-35)49(63)57-22-18-37(19-23-57)64-36-16-20-55(21-17-36)31-44(59)56-24-26-58(27-25-56)48(62)41-30-34(13-15-43(41)51)29-33(2)38-10-6-7-11-39(38)47(61)54-52/h6-7,10-15,28,30,33,35-37,45H,3-5,8-9,16-27,29,31,52H2,1-2H3,(H,53,60)(H,54,61)/t33?,45-/m1/s1. The molecule has 3 aromatic rings. The lowest BCUT2D eigenvalue weighted by Crippen LogP contribution is -2.55. The molecule has 0 bridgehead atoms. The van der Waals surface area contributed by atoms with E-state index in [0.717, 1.165) is 74.7 Å². The fourth-order valence-corrected chi connectivity index (χ4v) is 9.92. The molecule has 64 heavy (non-hydrogen) atoms. The van der Waals surface area contributed by atoms with Crippen LogP contribution in [0.25, 0.3) is 0 Å². The highest BCUT2D eigenvalue weighted by molar-refractivity contribution is 5.98. The summed E-state index contributed by atoms with van der Waals surface area (Å²) in [6.07, 6.45) is 8.34. The van der Waals surface area contributed by atoms with E-state index in [2.05, 4.69) is 15.6 Å². The van der Waals surface area contributed by atoms with Crippen molar-refractivity contribution in [1.82, 2.24) is 30.3 Å². The number of hydrogen-bond acceptors (Lipinski definition) is 8. The number of nitrogens with one attached hydrogen (secondary N) is 2. The number of hydrazine groups is 1. The molecule has 5 amide bonds. The van der Waals surface area contributed by atoms with Gasteiger partial charge in [0.1, 0.15) is 17.7 Å². The smallest absolute Gasteiger partial charge is 0.265 e. The Labute approximate surface area is 375 Å². The summed E-state index contributed by atoms with van der Waals surface area (Å²) < 4.78 is 36.2. The van der Waals surface area contributed by atoms with Gasteiger partial charge in [0.15, 0.2) is 0 Å². The average molecular weight is 884 g/mol. The van der Waals surface area contributed by atoms with Crippen molar-refractivity contribution in [3.8, 4) is 0 Å². The van der Waals surface area contributed by atoms with Gasteiger partial charge < -0.3 is 24.8 Å². The van der Waals surface area contributed by atoms with E-state index >= 15 is 4.39 Å². The quantitative estimate of drug-likeness (QED) is 0.118. The number of nitrogens with zero attached hydrogens (tertiary/aromatic N) is 4. The molecule has 0 spiro atoms. The molecule has 4 fully saturated rings. The van der Waals surface area contributed by atoms with Crippen LogP contribution in [0.15, 0.2) is 60.7 Å². The van der Waals surface area contributed by atoms with Gasteiger partial charge in [0.2, 0.25) is 11.8 Å². The van der Waals surface area contributed by atoms with E-state index in [1.807, 2.05) is 24.0 Å². The fourth-order valence-electron chi connectivity index (χ4n) is 9.92. The van der Waals surface area contributed by atoms with Crippen LogP contribution in [-0.4, -0.2) is 126 Å². The third kappa shape index (κ3) is 11.5. The van der Waals surface area contributed by atoms with Crippen LogP contribution in [0.2, 0.25) is 0 Å². The number of piperidine rings is 2. The van der Waals surface area contributed by atoms with Crippen molar-refractivity contribution in [2.24, 2.45) is 11.8 Å². The second kappa shape index (κ2) is 21.6. The Morgan fingerprint density at radius 2 is 1.33 bits per heavy atom. The van der Waals surface area contributed by atoms with Crippen molar-refractivity contribution in [1.29, 1.82) is 0 Å². The number of carbonyl (C=O) groups is 5. The van der Waals surface area contributed by atoms with Crippen LogP contribution in [0, 0.1) is 24.5 Å². The summed E-state index contributed by atoms with van der Waals surface area (Å²) in [6, 6.07) is 15.5. The van der Waals surface area contributed by atoms with Crippen molar-refractivity contribution >= 4 is 29.5 Å². The normalized spacial score (nSPS) is 19.2. The molecule has 2 atom stereocenters. The lowest BCUT2D eigenvalue weighted by atomic mass is 9.83. The molecular weight excluding hydrogens is 821 g/mol. The predicted octanol–water partition coefficient (Wildman–Crippen LogP) is 5.36. The SMILES string of the molecule is Cc1ccc(F)c(C(=O)N[C@@H](C(=O)N2CCC(OC3CCN(CC(=O)N4CCN(C(=O)c5cc(CC(C)c6ccccc6C(=O)NN)ccc5F)CC4)CC3)CC2)C2CCCCC2)c1. The molecule has 3 aliphatic heterocycles. The van der Waals surface area contributed by atoms with E-state index in [-0.39, 0.29) is 53.5 Å². The van der Waals surface area contributed by atoms with Crippen molar-refractivity contribution in [2.75, 3.05) is 58.9 Å². The monoisotopic (exact) mass is 883 g/mol. The highest BCUT2D eigenvalue weighted by atomic mass is 19.1. The highest BCUT2D eigenvalue weighted by Gasteiger charge is 2.37. The van der Waals surface area contributed by atoms with E-state index in [0.29, 0.717) is 64.1 Å². The van der Waals surface area contributed by atoms with Gasteiger partial charge in [-0.15, -0.1) is 0 Å². The Balaban J connectivity index is 0.829. The molecular formula is C49H63F2N7O6. The summed E-state index contributed by atoms with van der Waals surface area (Å²) in [7, 11) is 0. The third-order valence-corrected chi connectivity index (χ3v) is 13.7. The third-order valence-electron chi connectivity index (χ3n) is 13.7. The van der Waals surface area contributed by atoms with Crippen LogP contribution in [0.1, 0.15) is 118 Å². The van der Waals surface area contributed by atoms with E-state index < -0.39 is 35.4 Å². The Morgan fingerprint density at radius 1 is 0.703 bits per heavy atom. The van der Waals surface area contributed by atoms with E-state index in [1.165, 1.54) is 18.2 Å². The molecule has 1 saturated carbocycles. The first-order valence-electron chi connectivity index (χ1n) is 23.1. The zero-order valence-corrected chi connectivity index (χ0v) is 37.2. The zero-order chi connectivity index (χ0) is 45.3. The van der Waals surface area contributed by atoms with Crippen molar-refractivity contribution in [2.45, 2.75) is 102 Å². The number of benzene rings is 3. The molecule has 3 heterocycles. The first kappa shape index (κ1) is 46.7. The Hall–Kier alpha value is -5.25. The van der Waals surface area contributed by atoms with E-state index in [4.69, 9.17) is 10.6 Å². The number of nitrogens with two attached hydrogens (primary N) is 1. The number of hydrogen-bond donors (Lipinski definition) is 3. The topological polar surface area (TPSA) is 158 Å². The number of piperazine rings is 1. The first-order valence-corrected chi connectivity index (χ1v) is 23.1. The molecule has 13 nitrogen and oxygen atoms in total. The number of halogens is 2. The molecule has 15 heteroatoms. The van der Waals surface area contributed by atoms with E-state index in [9.17, 15) is 28.4 Å². The number of rotatable bonds is 13. The van der Waals surface area contributed by atoms with Gasteiger partial charge in [-0.25, -0.2) is 14.6 Å². The number of amides is 5. The van der Waals surface area contributed by atoms with Gasteiger partial charge in [0, 0.05) is 57.9 Å². The van der Waals surface area contributed by atoms with Crippen LogP contribution in [-0.2, 0) is 20.7 Å². The van der Waals surface area contributed by atoms with Gasteiger partial charge in [-0.3, -0.25) is 34.3 Å². The van der Waals surface area contributed by atoms with Crippen molar-refractivity contribution in [3.63, 3.8) is 0 Å². The number of carbonyl (C=O) groups excluding carboxylic acids is 5. The summed E-state index contributed by atoms with van der Waals surface area (Å²) in [5.41, 5.74) is 4.94. The van der Waals surface area contributed by atoms with Gasteiger partial charge in [0.05, 0.1) is 29.9 Å². The molecule has 3 aromatic carbocycles. The maximum atomic E-state index is 15.1. The molecule has 1 unspecified atom stereocenters. The number of ether oxygens (including phenoxy) is 1. The van der Waals surface area contributed by atoms with Crippen LogP contribution in [0.5, 0.6) is 0 Å². The lowest BCUT2D eigenvalue weighted by Gasteiger charge is -2.40. The first-order chi connectivity index (χ1) is 30.9. The second-order valence-corrected chi connectivity index (χ2v) is 18.1. The molecule has 4 N–H and O–H groups in total. The van der Waals surface area contributed by atoms with Crippen LogP contribution in [0.4, 0.5) is 8.78 Å². The van der Waals surface area contributed by atoms with Crippen LogP contribution < -0.4 is 16.6 Å². The average Bonchev–Trinajstić information content (AvgIpc) is 3.32. The Kier molecular flexibility index (Phi) is 15.8. The molecule has 1 aliphatic carbocycles. The van der Waals surface area contributed by atoms with Crippen molar-refractivity contribution < 1.29 is 37.5 Å². The minimum absolute atomic E-state index is 0.000933. The second-order valence-electron chi connectivity index (χ2n) is 18.1. The zero-order valence-electron chi connectivity index (χ0n) is 37.2. The largest absolute Gasteiger partial charge is 0.375 e. The number of aryl methyl sites for hydroxylation is 1. The lowest BCUT2D eigenvalue weighted by molar-refractivity contribution is -0.140. The molecule has 7 rings (SSSR count). The summed E-state index contributed by atoms with van der Waals surface area (Å²) >= 11 is 0. The minimum atomic E-state index is -0.693. The minimum Gasteiger partial charge on any atom is -0.375 e. The highest BCUT2D eigenvalue weighted by Crippen LogP contribution is 2.30. The maximum Gasteiger partial charge on any atom is 0.265 e. The van der Waals surface area contributed by atoms with Gasteiger partial charge in [0.25, 0.3) is 17.7 Å². The Morgan fingerprint density at radius 3 is 2.02 bits per heavy atom. The van der Waals surface area contributed by atoms with Gasteiger partial charge in [-0.1, -0.05) is 62.1 Å². The summed E-state index contributed by atoms with van der Waals surface area (Å²) in [6.45, 7) is 7.88. The summed E-state index contributed by atoms with van der Waals surface area (Å²) in [5, 5.41) is 2.94. The van der Waals surface area contributed by atoms with Gasteiger partial charge in [-0.05, 0) is 105 Å². The predicted molar refractivity (Wildman–Crippen MR) is 238 cm³/mol. The van der Waals surface area contributed by atoms with E-state index in [1.54, 1.807) is 47.1 Å². The van der Waals surface area contributed by atoms with Crippen LogP contribution >= 0.6 is 0 Å². The van der Waals surface area contributed by atoms with Gasteiger partial charge >= 0.3 is 0 Å². The molecule has 4 aliphatic rings. The number of nitrogen functional groups attached to an aromatic ring is 1. The summed E-state index contributed by atoms with van der Waals surface area (Å²) in [5.74, 6) is 2.64. The van der Waals surface area contributed by atoms with Crippen molar-refractivity contribution in [3.05, 3.63) is 106 Å². The summed E-state index contributed by atoms with van der Waals surface area (Å²) in [4.78, 5) is 73.9. The maximum absolute atomic E-state index is 15.1. The molecule has 344 valence electrons. The molecule has 0 aromatic heterocycles. The number of likely N-dealkylation sites (tertiary alicyclic amines) is 2. The van der Waals surface area contributed by atoms with Crippen LogP contribution in [0.3, 0.4) is 0 Å². The van der Waals surface area contributed by atoms with Gasteiger partial charge in [-0.2, -0.15) is 0 Å². The molecule has 3 saturated heterocycles. The molecule has 0 radical (unpaired) electrons. The Bertz CT molecular complexity index is 2140.